The van der Waals surface area contributed by atoms with Crippen molar-refractivity contribution in [1.29, 1.82) is 0 Å². The van der Waals surface area contributed by atoms with Gasteiger partial charge in [0.25, 0.3) is 5.91 Å². The number of nitrogens with zero attached hydrogens (tertiary/aromatic N) is 4. The molecule has 0 radical (unpaired) electrons. The summed E-state index contributed by atoms with van der Waals surface area (Å²) in [6, 6.07) is 6.71. The van der Waals surface area contributed by atoms with Crippen LogP contribution in [0, 0.1) is 20.8 Å². The van der Waals surface area contributed by atoms with Crippen LogP contribution in [0.25, 0.3) is 44.3 Å². The van der Waals surface area contributed by atoms with E-state index in [-0.39, 0.29) is 17.9 Å². The molecule has 44 heavy (non-hydrogen) atoms. The Morgan fingerprint density at radius 2 is 1.84 bits per heavy atom. The maximum absolute atomic E-state index is 13.6. The number of ether oxygens (including phenoxy) is 2. The number of likely N-dealkylation sites (tertiary alicyclic amines) is 1. The van der Waals surface area contributed by atoms with Gasteiger partial charge < -0.3 is 29.3 Å². The Bertz CT molecular complexity index is 1850. The van der Waals surface area contributed by atoms with E-state index in [0.29, 0.717) is 23.3 Å². The second kappa shape index (κ2) is 11.0. The topological polar surface area (TPSA) is 134 Å². The van der Waals surface area contributed by atoms with Crippen LogP contribution in [-0.4, -0.2) is 81.4 Å². The number of amides is 1. The average Bonchev–Trinajstić information content (AvgIpc) is 3.66. The van der Waals surface area contributed by atoms with Gasteiger partial charge >= 0.3 is 0 Å². The maximum Gasteiger partial charge on any atom is 0.267 e. The van der Waals surface area contributed by atoms with E-state index in [4.69, 9.17) is 24.0 Å². The van der Waals surface area contributed by atoms with Crippen molar-refractivity contribution in [3.63, 3.8) is 0 Å². The first-order chi connectivity index (χ1) is 21.2. The number of aromatic nitrogens is 5. The quantitative estimate of drug-likeness (QED) is 0.227. The van der Waals surface area contributed by atoms with E-state index < -0.39 is 0 Å². The zero-order chi connectivity index (χ0) is 30.7. The lowest BCUT2D eigenvalue weighted by Gasteiger charge is -2.41. The summed E-state index contributed by atoms with van der Waals surface area (Å²) in [7, 11) is 1.67. The molecule has 4 aromatic heterocycles. The molecule has 1 amide bonds. The minimum absolute atomic E-state index is 0.0877. The zero-order valence-electron chi connectivity index (χ0n) is 26.1. The number of aromatic amines is 2. The normalized spacial score (nSPS) is 16.7. The molecule has 2 fully saturated rings. The van der Waals surface area contributed by atoms with E-state index in [0.717, 1.165) is 101 Å². The van der Waals surface area contributed by atoms with E-state index in [9.17, 15) is 4.79 Å². The predicted octanol–water partition coefficient (Wildman–Crippen LogP) is 5.41. The van der Waals surface area contributed by atoms with E-state index in [2.05, 4.69) is 45.3 Å². The highest BCUT2D eigenvalue weighted by Gasteiger charge is 2.31. The fraction of sp³-hybridized carbons (Fsp3) is 0.455. The predicted molar refractivity (Wildman–Crippen MR) is 168 cm³/mol. The molecule has 0 bridgehead atoms. The molecule has 2 aliphatic rings. The van der Waals surface area contributed by atoms with Gasteiger partial charge in [-0.2, -0.15) is 0 Å². The molecule has 230 valence electrons. The van der Waals surface area contributed by atoms with Crippen molar-refractivity contribution in [2.24, 2.45) is 0 Å². The molecule has 6 heterocycles. The van der Waals surface area contributed by atoms with Crippen molar-refractivity contribution in [3.8, 4) is 28.1 Å². The molecule has 7 rings (SSSR count). The molecule has 1 aromatic carbocycles. The Kier molecular flexibility index (Phi) is 7.17. The number of rotatable bonds is 7. The van der Waals surface area contributed by atoms with Crippen LogP contribution in [0.3, 0.4) is 0 Å². The van der Waals surface area contributed by atoms with Crippen LogP contribution >= 0.6 is 0 Å². The van der Waals surface area contributed by atoms with Crippen LogP contribution in [0.4, 0.5) is 0 Å². The van der Waals surface area contributed by atoms with Crippen LogP contribution < -0.4 is 10.1 Å². The molecule has 2 saturated heterocycles. The molecular weight excluding hydrogens is 558 g/mol. The molecule has 0 spiro atoms. The fourth-order valence-electron chi connectivity index (χ4n) is 6.71. The molecule has 0 saturated carbocycles. The van der Waals surface area contributed by atoms with Crippen molar-refractivity contribution in [2.45, 2.75) is 65.5 Å². The Morgan fingerprint density at radius 3 is 2.48 bits per heavy atom. The van der Waals surface area contributed by atoms with Gasteiger partial charge in [-0.3, -0.25) is 9.69 Å². The highest BCUT2D eigenvalue weighted by atomic mass is 16.5. The average molecular weight is 598 g/mol. The Hall–Kier alpha value is -4.22. The molecule has 3 N–H and O–H groups in total. The molecular formula is C33H39N7O4. The van der Waals surface area contributed by atoms with Gasteiger partial charge in [0, 0.05) is 46.9 Å². The van der Waals surface area contributed by atoms with Crippen molar-refractivity contribution >= 4 is 27.8 Å². The summed E-state index contributed by atoms with van der Waals surface area (Å²) < 4.78 is 16.7. The second-order valence-electron chi connectivity index (χ2n) is 12.4. The third kappa shape index (κ3) is 4.84. The van der Waals surface area contributed by atoms with E-state index in [1.807, 2.05) is 32.9 Å². The van der Waals surface area contributed by atoms with Gasteiger partial charge in [-0.05, 0) is 57.7 Å². The Balaban J connectivity index is 1.27. The lowest BCUT2D eigenvalue weighted by atomic mass is 9.98. The number of carbonyl (C=O) groups excluding carboxylic acids is 1. The maximum atomic E-state index is 13.6. The summed E-state index contributed by atoms with van der Waals surface area (Å²) >= 11 is 0. The standard InChI is InChI=1S/C33H39N7O4/c1-16(2)30-24(12-26(37-30)33(41)36-20-7-9-40(10-8-20)21-14-43-15-21)31-29-22-13-27(42-6)23(28-17(3)39-44-18(28)4)11-25(22)38-32(29)35-19(5)34-31/h11-13,16,20-21,37H,7-10,14-15H2,1-6H3,(H,36,41)(H,34,35,38). The highest BCUT2D eigenvalue weighted by Crippen LogP contribution is 2.42. The van der Waals surface area contributed by atoms with Gasteiger partial charge in [0.2, 0.25) is 0 Å². The van der Waals surface area contributed by atoms with Crippen molar-refractivity contribution < 1.29 is 18.8 Å². The molecule has 11 nitrogen and oxygen atoms in total. The van der Waals surface area contributed by atoms with Crippen LogP contribution in [0.2, 0.25) is 0 Å². The lowest BCUT2D eigenvalue weighted by Crippen LogP contribution is -2.54. The first-order valence-corrected chi connectivity index (χ1v) is 15.4. The second-order valence-corrected chi connectivity index (χ2v) is 12.4. The summed E-state index contributed by atoms with van der Waals surface area (Å²) in [4.78, 5) is 32.7. The van der Waals surface area contributed by atoms with Crippen LogP contribution in [-0.2, 0) is 4.74 Å². The number of aryl methyl sites for hydroxylation is 3. The first kappa shape index (κ1) is 28.5. The van der Waals surface area contributed by atoms with Crippen molar-refractivity contribution in [1.82, 2.24) is 35.3 Å². The van der Waals surface area contributed by atoms with Gasteiger partial charge in [0.15, 0.2) is 0 Å². The number of H-pyrrole nitrogens is 2. The summed E-state index contributed by atoms with van der Waals surface area (Å²) in [5, 5.41) is 9.25. The molecule has 2 aliphatic heterocycles. The van der Waals surface area contributed by atoms with E-state index in [1.54, 1.807) is 7.11 Å². The highest BCUT2D eigenvalue weighted by molar-refractivity contribution is 6.14. The van der Waals surface area contributed by atoms with Crippen LogP contribution in [0.1, 0.15) is 66.1 Å². The van der Waals surface area contributed by atoms with Crippen LogP contribution in [0.5, 0.6) is 5.75 Å². The number of hydrogen-bond donors (Lipinski definition) is 3. The van der Waals surface area contributed by atoms with Gasteiger partial charge in [-0.15, -0.1) is 0 Å². The summed E-state index contributed by atoms with van der Waals surface area (Å²) in [5.41, 5.74) is 7.41. The smallest absolute Gasteiger partial charge is 0.267 e. The molecule has 11 heteroatoms. The van der Waals surface area contributed by atoms with E-state index in [1.165, 1.54) is 0 Å². The number of methoxy groups -OCH3 is 1. The third-order valence-corrected chi connectivity index (χ3v) is 9.11. The zero-order valence-corrected chi connectivity index (χ0v) is 26.1. The number of fused-ring (bicyclic) bond motifs is 3. The molecule has 0 unspecified atom stereocenters. The van der Waals surface area contributed by atoms with Gasteiger partial charge in [0.1, 0.15) is 28.7 Å². The summed E-state index contributed by atoms with van der Waals surface area (Å²) in [6.45, 7) is 13.6. The number of carbonyl (C=O) groups is 1. The van der Waals surface area contributed by atoms with Crippen molar-refractivity contribution in [3.05, 3.63) is 46.9 Å². The van der Waals surface area contributed by atoms with Crippen molar-refractivity contribution in [2.75, 3.05) is 33.4 Å². The minimum Gasteiger partial charge on any atom is -0.496 e. The van der Waals surface area contributed by atoms with E-state index >= 15 is 0 Å². The molecule has 5 aromatic rings. The summed E-state index contributed by atoms with van der Waals surface area (Å²) in [6.07, 6.45) is 1.87. The largest absolute Gasteiger partial charge is 0.496 e. The fourth-order valence-corrected chi connectivity index (χ4v) is 6.71. The number of nitrogens with one attached hydrogen (secondary N) is 3. The summed E-state index contributed by atoms with van der Waals surface area (Å²) in [5.74, 6) is 2.12. The third-order valence-electron chi connectivity index (χ3n) is 9.11. The molecule has 0 aliphatic carbocycles. The lowest BCUT2D eigenvalue weighted by molar-refractivity contribution is -0.0716. The minimum atomic E-state index is -0.0877. The van der Waals surface area contributed by atoms with Gasteiger partial charge in [-0.1, -0.05) is 19.0 Å². The van der Waals surface area contributed by atoms with Gasteiger partial charge in [-0.25, -0.2) is 9.97 Å². The van der Waals surface area contributed by atoms with Crippen LogP contribution in [0.15, 0.2) is 22.7 Å². The van der Waals surface area contributed by atoms with Gasteiger partial charge in [0.05, 0.1) is 48.7 Å². The number of hydrogen-bond acceptors (Lipinski definition) is 8. The molecule has 0 atom stereocenters. The Morgan fingerprint density at radius 1 is 1.07 bits per heavy atom. The first-order valence-electron chi connectivity index (χ1n) is 15.4. The number of piperidine rings is 1. The Labute approximate surface area is 255 Å². The SMILES string of the molecule is COc1cc2c(cc1-c1c(C)noc1C)[nH]c1nc(C)nc(-c3cc(C(=O)NC4CCN(C5COC5)CC4)[nH]c3C(C)C)c12. The monoisotopic (exact) mass is 597 g/mol. The number of benzene rings is 1.